The van der Waals surface area contributed by atoms with Gasteiger partial charge < -0.3 is 11.1 Å². The van der Waals surface area contributed by atoms with Gasteiger partial charge in [-0.15, -0.1) is 0 Å². The summed E-state index contributed by atoms with van der Waals surface area (Å²) in [6.07, 6.45) is 0. The quantitative estimate of drug-likeness (QED) is 0.545. The van der Waals surface area contributed by atoms with E-state index in [9.17, 15) is 18.4 Å². The number of amides is 3. The van der Waals surface area contributed by atoms with Gasteiger partial charge in [-0.3, -0.25) is 4.79 Å². The molecule has 7 heteroatoms. The van der Waals surface area contributed by atoms with Crippen LogP contribution < -0.4 is 16.0 Å². The molecule has 0 spiro atoms. The number of nitrogen functional groups attached to an aromatic ring is 1. The first kappa shape index (κ1) is 10.3. The summed E-state index contributed by atoms with van der Waals surface area (Å²) in [6.45, 7) is -0.213. The van der Waals surface area contributed by atoms with Crippen LogP contribution in [0.5, 0.6) is 0 Å². The van der Waals surface area contributed by atoms with E-state index in [-0.39, 0.29) is 17.9 Å². The number of halogens is 2. The van der Waals surface area contributed by atoms with Crippen LogP contribution in [-0.2, 0) is 4.79 Å². The number of rotatable bonds is 1. The van der Waals surface area contributed by atoms with Gasteiger partial charge in [-0.1, -0.05) is 0 Å². The summed E-state index contributed by atoms with van der Waals surface area (Å²) in [5.41, 5.74) is 4.56. The van der Waals surface area contributed by atoms with Gasteiger partial charge in [-0.25, -0.2) is 18.5 Å². The van der Waals surface area contributed by atoms with Crippen LogP contribution in [-0.4, -0.2) is 18.5 Å². The number of anilines is 2. The van der Waals surface area contributed by atoms with Crippen LogP contribution in [0.25, 0.3) is 0 Å². The van der Waals surface area contributed by atoms with E-state index < -0.39 is 23.6 Å². The number of hydrogen-bond acceptors (Lipinski definition) is 3. The number of carbonyl (C=O) groups excluding carboxylic acids is 2. The minimum Gasteiger partial charge on any atom is -0.396 e. The van der Waals surface area contributed by atoms with Gasteiger partial charge in [0.25, 0.3) is 5.91 Å². The van der Waals surface area contributed by atoms with Crippen molar-refractivity contribution in [2.24, 2.45) is 0 Å². The second kappa shape index (κ2) is 3.44. The molecule has 1 saturated heterocycles. The van der Waals surface area contributed by atoms with Gasteiger partial charge in [-0.05, 0) is 6.07 Å². The van der Waals surface area contributed by atoms with E-state index >= 15 is 0 Å². The predicted molar refractivity (Wildman–Crippen MR) is 51.7 cm³/mol. The zero-order chi connectivity index (χ0) is 11.9. The van der Waals surface area contributed by atoms with Crippen LogP contribution in [0.2, 0.25) is 0 Å². The smallest absolute Gasteiger partial charge is 0.329 e. The molecule has 1 heterocycles. The molecule has 1 aliphatic heterocycles. The highest BCUT2D eigenvalue weighted by molar-refractivity contribution is 6.20. The number of hydrogen-bond donors (Lipinski definition) is 2. The average molecular weight is 227 g/mol. The Labute approximate surface area is 88.8 Å². The Morgan fingerprint density at radius 3 is 2.50 bits per heavy atom. The maximum Gasteiger partial charge on any atom is 0.329 e. The lowest BCUT2D eigenvalue weighted by molar-refractivity contribution is -0.115. The van der Waals surface area contributed by atoms with Crippen molar-refractivity contribution in [1.82, 2.24) is 5.32 Å². The normalized spacial score (nSPS) is 15.5. The van der Waals surface area contributed by atoms with Gasteiger partial charge >= 0.3 is 6.03 Å². The van der Waals surface area contributed by atoms with E-state index in [1.54, 1.807) is 0 Å². The largest absolute Gasteiger partial charge is 0.396 e. The number of carbonyl (C=O) groups is 2. The molecule has 1 aromatic rings. The molecular weight excluding hydrogens is 220 g/mol. The first-order valence-corrected chi connectivity index (χ1v) is 4.36. The third-order valence-electron chi connectivity index (χ3n) is 2.15. The van der Waals surface area contributed by atoms with Gasteiger partial charge in [0, 0.05) is 6.07 Å². The van der Waals surface area contributed by atoms with E-state index in [2.05, 4.69) is 5.32 Å². The van der Waals surface area contributed by atoms with Gasteiger partial charge in [0.05, 0.1) is 17.9 Å². The Kier molecular flexibility index (Phi) is 2.22. The summed E-state index contributed by atoms with van der Waals surface area (Å²) in [4.78, 5) is 23.1. The van der Waals surface area contributed by atoms with Crippen molar-refractivity contribution in [2.45, 2.75) is 0 Å². The summed E-state index contributed by atoms with van der Waals surface area (Å²) >= 11 is 0. The first-order valence-electron chi connectivity index (χ1n) is 4.36. The van der Waals surface area contributed by atoms with E-state index in [0.29, 0.717) is 11.0 Å². The molecule has 1 aliphatic rings. The minimum absolute atomic E-state index is 0.213. The monoisotopic (exact) mass is 227 g/mol. The third kappa shape index (κ3) is 1.46. The van der Waals surface area contributed by atoms with Crippen molar-refractivity contribution in [2.75, 3.05) is 17.2 Å². The average Bonchev–Trinajstić information content (AvgIpc) is 2.53. The molecule has 2 rings (SSSR count). The fourth-order valence-corrected chi connectivity index (χ4v) is 1.39. The topological polar surface area (TPSA) is 75.4 Å². The molecule has 0 saturated carbocycles. The zero-order valence-corrected chi connectivity index (χ0v) is 7.96. The molecule has 16 heavy (non-hydrogen) atoms. The maximum absolute atomic E-state index is 13.4. The van der Waals surface area contributed by atoms with Crippen molar-refractivity contribution in [3.05, 3.63) is 23.8 Å². The highest BCUT2D eigenvalue weighted by atomic mass is 19.1. The van der Waals surface area contributed by atoms with Crippen LogP contribution in [0.4, 0.5) is 25.0 Å². The highest BCUT2D eigenvalue weighted by Gasteiger charge is 2.32. The number of benzene rings is 1. The lowest BCUT2D eigenvalue weighted by Crippen LogP contribution is -2.31. The fraction of sp³-hybridized carbons (Fsp3) is 0.111. The highest BCUT2D eigenvalue weighted by Crippen LogP contribution is 2.26. The summed E-state index contributed by atoms with van der Waals surface area (Å²) in [7, 11) is 0. The van der Waals surface area contributed by atoms with Crippen LogP contribution >= 0.6 is 0 Å². The zero-order valence-electron chi connectivity index (χ0n) is 7.96. The second-order valence-corrected chi connectivity index (χ2v) is 3.21. The molecule has 0 aliphatic carbocycles. The second-order valence-electron chi connectivity index (χ2n) is 3.21. The molecule has 1 aromatic carbocycles. The molecule has 84 valence electrons. The fourth-order valence-electron chi connectivity index (χ4n) is 1.39. The van der Waals surface area contributed by atoms with E-state index in [0.717, 1.165) is 6.07 Å². The summed E-state index contributed by atoms with van der Waals surface area (Å²) in [6, 6.07) is 0.687. The molecule has 1 fully saturated rings. The first-order chi connectivity index (χ1) is 7.50. The van der Waals surface area contributed by atoms with Crippen molar-refractivity contribution >= 4 is 23.3 Å². The van der Waals surface area contributed by atoms with Gasteiger partial charge in [-0.2, -0.15) is 0 Å². The molecule has 0 radical (unpaired) electrons. The molecule has 3 amide bonds. The Morgan fingerprint density at radius 1 is 1.25 bits per heavy atom. The van der Waals surface area contributed by atoms with Crippen LogP contribution in [0.3, 0.4) is 0 Å². The summed E-state index contributed by atoms with van der Waals surface area (Å²) in [5.74, 6) is -2.57. The standard InChI is InChI=1S/C9H7F2N3O2/c10-4-1-5(11)7(2-6(4)12)14-8(15)3-13-9(14)16/h1-2H,3,12H2,(H,13,16). The molecular formula is C9H7F2N3O2. The van der Waals surface area contributed by atoms with Crippen molar-refractivity contribution in [3.63, 3.8) is 0 Å². The van der Waals surface area contributed by atoms with Crippen molar-refractivity contribution in [1.29, 1.82) is 0 Å². The summed E-state index contributed by atoms with van der Waals surface area (Å²) < 4.78 is 26.2. The number of nitrogens with two attached hydrogens (primary N) is 1. The van der Waals surface area contributed by atoms with Gasteiger partial charge in [0.1, 0.15) is 5.82 Å². The maximum atomic E-state index is 13.4. The number of imide groups is 1. The van der Waals surface area contributed by atoms with E-state index in [4.69, 9.17) is 5.73 Å². The van der Waals surface area contributed by atoms with E-state index in [1.165, 1.54) is 0 Å². The SMILES string of the molecule is Nc1cc(N2C(=O)CNC2=O)c(F)cc1F. The Bertz CT molecular complexity index is 474. The lowest BCUT2D eigenvalue weighted by atomic mass is 10.2. The van der Waals surface area contributed by atoms with Gasteiger partial charge in [0.15, 0.2) is 5.82 Å². The number of nitrogens with one attached hydrogen (secondary N) is 1. The Balaban J connectivity index is 2.51. The van der Waals surface area contributed by atoms with Crippen LogP contribution in [0.1, 0.15) is 0 Å². The van der Waals surface area contributed by atoms with Crippen LogP contribution in [0, 0.1) is 11.6 Å². The Morgan fingerprint density at radius 2 is 1.94 bits per heavy atom. The molecule has 0 atom stereocenters. The van der Waals surface area contributed by atoms with Gasteiger partial charge in [0.2, 0.25) is 0 Å². The lowest BCUT2D eigenvalue weighted by Gasteiger charge is -2.14. The molecule has 0 bridgehead atoms. The molecule has 3 N–H and O–H groups in total. The predicted octanol–water partition coefficient (Wildman–Crippen LogP) is 0.603. The van der Waals surface area contributed by atoms with E-state index in [1.807, 2.05) is 0 Å². The summed E-state index contributed by atoms with van der Waals surface area (Å²) in [5, 5.41) is 2.22. The molecule has 0 aromatic heterocycles. The van der Waals surface area contributed by atoms with Crippen molar-refractivity contribution in [3.8, 4) is 0 Å². The minimum atomic E-state index is -1.02. The Hall–Kier alpha value is -2.18. The number of nitrogens with zero attached hydrogens (tertiary/aromatic N) is 1. The number of urea groups is 1. The molecule has 5 nitrogen and oxygen atoms in total. The van der Waals surface area contributed by atoms with Crippen molar-refractivity contribution < 1.29 is 18.4 Å². The van der Waals surface area contributed by atoms with Crippen LogP contribution in [0.15, 0.2) is 12.1 Å². The third-order valence-corrected chi connectivity index (χ3v) is 2.15. The molecule has 0 unspecified atom stereocenters.